The highest BCUT2D eigenvalue weighted by molar-refractivity contribution is 5.91. The predicted octanol–water partition coefficient (Wildman–Crippen LogP) is 3.13. The molecule has 2 saturated heterocycles. The van der Waals surface area contributed by atoms with Crippen LogP contribution < -0.4 is 5.32 Å². The molecular weight excluding hydrogens is 396 g/mol. The summed E-state index contributed by atoms with van der Waals surface area (Å²) in [7, 11) is 0. The van der Waals surface area contributed by atoms with E-state index in [9.17, 15) is 19.5 Å². The standard InChI is InChI=1S/C24H24N2O5/c27-21(26-15-9-11-24(26,12-10-15)22(28)29)13-25-23(30)31-14-20-18-7-3-1-5-16(18)17-6-2-4-8-19(17)20/h1-8,15,20H,9-14H2,(H,25,30)(H,28,29). The summed E-state index contributed by atoms with van der Waals surface area (Å²) in [5, 5.41) is 12.2. The van der Waals surface area contributed by atoms with Gasteiger partial charge in [0, 0.05) is 12.0 Å². The molecule has 2 aromatic carbocycles. The Morgan fingerprint density at radius 2 is 1.58 bits per heavy atom. The van der Waals surface area contributed by atoms with E-state index < -0.39 is 17.6 Å². The molecule has 0 spiro atoms. The number of fused-ring (bicyclic) bond motifs is 5. The Balaban J connectivity index is 1.21. The molecule has 2 N–H and O–H groups in total. The van der Waals surface area contributed by atoms with Crippen LogP contribution in [0.3, 0.4) is 0 Å². The molecular formula is C24H24N2O5. The molecule has 2 amide bonds. The third kappa shape index (κ3) is 3.07. The highest BCUT2D eigenvalue weighted by Crippen LogP contribution is 2.47. The quantitative estimate of drug-likeness (QED) is 0.775. The van der Waals surface area contributed by atoms with Crippen molar-refractivity contribution in [1.29, 1.82) is 0 Å². The second kappa shape index (κ2) is 7.41. The van der Waals surface area contributed by atoms with Crippen LogP contribution in [0, 0.1) is 0 Å². The topological polar surface area (TPSA) is 95.9 Å². The van der Waals surface area contributed by atoms with Gasteiger partial charge in [-0.3, -0.25) is 4.79 Å². The molecule has 2 heterocycles. The first-order valence-electron chi connectivity index (χ1n) is 10.7. The van der Waals surface area contributed by atoms with Crippen LogP contribution in [0.15, 0.2) is 48.5 Å². The van der Waals surface area contributed by atoms with Crippen molar-refractivity contribution in [2.45, 2.75) is 43.2 Å². The Kier molecular flexibility index (Phi) is 4.68. The number of alkyl carbamates (subject to hydrolysis) is 1. The third-order valence-corrected chi connectivity index (χ3v) is 7.00. The van der Waals surface area contributed by atoms with Gasteiger partial charge in [0.15, 0.2) is 0 Å². The number of rotatable bonds is 5. The molecule has 7 nitrogen and oxygen atoms in total. The van der Waals surface area contributed by atoms with E-state index in [2.05, 4.69) is 17.4 Å². The van der Waals surface area contributed by atoms with Crippen LogP contribution in [-0.2, 0) is 14.3 Å². The smallest absolute Gasteiger partial charge is 0.407 e. The fraction of sp³-hybridized carbons (Fsp3) is 0.375. The number of nitrogens with one attached hydrogen (secondary N) is 1. The maximum absolute atomic E-state index is 12.7. The van der Waals surface area contributed by atoms with Gasteiger partial charge in [-0.2, -0.15) is 0 Å². The van der Waals surface area contributed by atoms with Crippen LogP contribution in [-0.4, -0.2) is 52.7 Å². The number of carbonyl (C=O) groups is 3. The average Bonchev–Trinajstić information content (AvgIpc) is 3.45. The van der Waals surface area contributed by atoms with E-state index in [-0.39, 0.29) is 31.0 Å². The SMILES string of the molecule is O=C(NCC(=O)N1C2CCC1(C(=O)O)CC2)OCC1c2ccccc2-c2ccccc21. The van der Waals surface area contributed by atoms with Crippen molar-refractivity contribution in [2.75, 3.05) is 13.2 Å². The fourth-order valence-electron chi connectivity index (χ4n) is 5.57. The minimum absolute atomic E-state index is 0.0482. The van der Waals surface area contributed by atoms with Crippen molar-refractivity contribution in [3.63, 3.8) is 0 Å². The van der Waals surface area contributed by atoms with E-state index in [1.54, 1.807) is 0 Å². The third-order valence-electron chi connectivity index (χ3n) is 7.00. The molecule has 5 rings (SSSR count). The first-order valence-corrected chi connectivity index (χ1v) is 10.7. The van der Waals surface area contributed by atoms with Gasteiger partial charge in [-0.1, -0.05) is 48.5 Å². The van der Waals surface area contributed by atoms with Crippen LogP contribution in [0.2, 0.25) is 0 Å². The zero-order valence-electron chi connectivity index (χ0n) is 17.0. The zero-order valence-corrected chi connectivity index (χ0v) is 17.0. The van der Waals surface area contributed by atoms with E-state index in [4.69, 9.17) is 4.74 Å². The van der Waals surface area contributed by atoms with E-state index in [0.29, 0.717) is 25.7 Å². The molecule has 7 heteroatoms. The molecule has 160 valence electrons. The van der Waals surface area contributed by atoms with Gasteiger partial charge in [0.05, 0.1) is 0 Å². The van der Waals surface area contributed by atoms with Gasteiger partial charge < -0.3 is 20.1 Å². The highest BCUT2D eigenvalue weighted by atomic mass is 16.5. The normalized spacial score (nSPS) is 23.4. The van der Waals surface area contributed by atoms with Gasteiger partial charge in [-0.15, -0.1) is 0 Å². The van der Waals surface area contributed by atoms with E-state index >= 15 is 0 Å². The first-order chi connectivity index (χ1) is 15.0. The number of benzene rings is 2. The van der Waals surface area contributed by atoms with Crippen LogP contribution in [0.25, 0.3) is 11.1 Å². The van der Waals surface area contributed by atoms with Crippen molar-refractivity contribution in [3.05, 3.63) is 59.7 Å². The molecule has 31 heavy (non-hydrogen) atoms. The number of carboxylic acid groups (broad SMARTS) is 1. The zero-order chi connectivity index (χ0) is 21.6. The Hall–Kier alpha value is -3.35. The molecule has 0 aromatic heterocycles. The van der Waals surface area contributed by atoms with Crippen molar-refractivity contribution in [3.8, 4) is 11.1 Å². The summed E-state index contributed by atoms with van der Waals surface area (Å²) < 4.78 is 5.46. The molecule has 0 radical (unpaired) electrons. The van der Waals surface area contributed by atoms with Gasteiger partial charge in [-0.25, -0.2) is 9.59 Å². The lowest BCUT2D eigenvalue weighted by Crippen LogP contribution is -2.53. The summed E-state index contributed by atoms with van der Waals surface area (Å²) in [6.07, 6.45) is 1.67. The second-order valence-corrected chi connectivity index (χ2v) is 8.51. The molecule has 0 saturated carbocycles. The summed E-state index contributed by atoms with van der Waals surface area (Å²) in [6.45, 7) is -0.0956. The van der Waals surface area contributed by atoms with Gasteiger partial charge in [0.1, 0.15) is 18.7 Å². The Morgan fingerprint density at radius 1 is 1.00 bits per heavy atom. The number of carboxylic acids is 1. The fourth-order valence-corrected chi connectivity index (χ4v) is 5.57. The summed E-state index contributed by atoms with van der Waals surface area (Å²) in [4.78, 5) is 38.3. The molecule has 2 aliphatic heterocycles. The largest absolute Gasteiger partial charge is 0.479 e. The van der Waals surface area contributed by atoms with Gasteiger partial charge in [0.2, 0.25) is 5.91 Å². The van der Waals surface area contributed by atoms with Crippen LogP contribution >= 0.6 is 0 Å². The molecule has 2 fully saturated rings. The first kappa shape index (κ1) is 19.6. The Bertz CT molecular complexity index is 1010. The number of carbonyl (C=O) groups excluding carboxylic acids is 2. The highest BCUT2D eigenvalue weighted by Gasteiger charge is 2.58. The van der Waals surface area contributed by atoms with E-state index in [0.717, 1.165) is 22.3 Å². The molecule has 3 aliphatic rings. The van der Waals surface area contributed by atoms with Crippen molar-refractivity contribution >= 4 is 18.0 Å². The maximum atomic E-state index is 12.7. The molecule has 2 bridgehead atoms. The monoisotopic (exact) mass is 420 g/mol. The van der Waals surface area contributed by atoms with E-state index in [1.165, 1.54) is 4.90 Å². The van der Waals surface area contributed by atoms with Crippen molar-refractivity contribution in [1.82, 2.24) is 10.2 Å². The molecule has 2 aromatic rings. The van der Waals surface area contributed by atoms with E-state index in [1.807, 2.05) is 36.4 Å². The number of hydrogen-bond donors (Lipinski definition) is 2. The number of nitrogens with zero attached hydrogens (tertiary/aromatic N) is 1. The average molecular weight is 420 g/mol. The number of hydrogen-bond acceptors (Lipinski definition) is 4. The number of amides is 2. The summed E-state index contributed by atoms with van der Waals surface area (Å²) in [5.41, 5.74) is 3.41. The predicted molar refractivity (Wildman–Crippen MR) is 113 cm³/mol. The lowest BCUT2D eigenvalue weighted by Gasteiger charge is -2.30. The summed E-state index contributed by atoms with van der Waals surface area (Å²) in [6, 6.07) is 16.1. The lowest BCUT2D eigenvalue weighted by molar-refractivity contribution is -0.155. The molecule has 0 unspecified atom stereocenters. The molecule has 0 atom stereocenters. The van der Waals surface area contributed by atoms with Gasteiger partial charge >= 0.3 is 12.1 Å². The Labute approximate surface area is 180 Å². The van der Waals surface area contributed by atoms with Crippen LogP contribution in [0.4, 0.5) is 4.79 Å². The lowest BCUT2D eigenvalue weighted by atomic mass is 9.88. The number of ether oxygens (including phenoxy) is 1. The van der Waals surface area contributed by atoms with Crippen LogP contribution in [0.1, 0.15) is 42.7 Å². The number of aliphatic carboxylic acids is 1. The molecule has 1 aliphatic carbocycles. The minimum atomic E-state index is -1.11. The summed E-state index contributed by atoms with van der Waals surface area (Å²) in [5.74, 6) is -1.38. The maximum Gasteiger partial charge on any atom is 0.407 e. The minimum Gasteiger partial charge on any atom is -0.479 e. The second-order valence-electron chi connectivity index (χ2n) is 8.51. The van der Waals surface area contributed by atoms with Crippen molar-refractivity contribution in [2.24, 2.45) is 0 Å². The Morgan fingerprint density at radius 3 is 2.16 bits per heavy atom. The summed E-state index contributed by atoms with van der Waals surface area (Å²) >= 11 is 0. The van der Waals surface area contributed by atoms with Gasteiger partial charge in [0.25, 0.3) is 0 Å². The van der Waals surface area contributed by atoms with Crippen LogP contribution in [0.5, 0.6) is 0 Å². The van der Waals surface area contributed by atoms with Gasteiger partial charge in [-0.05, 0) is 47.9 Å². The van der Waals surface area contributed by atoms with Crippen molar-refractivity contribution < 1.29 is 24.2 Å².